The van der Waals surface area contributed by atoms with E-state index in [0.717, 1.165) is 33.7 Å². The Morgan fingerprint density at radius 3 is 1.84 bits per heavy atom. The highest BCUT2D eigenvalue weighted by molar-refractivity contribution is 6.08. The molecule has 0 radical (unpaired) electrons. The maximum Gasteiger partial charge on any atom is 0.118 e. The minimum absolute atomic E-state index is 0.00225. The van der Waals surface area contributed by atoms with Crippen molar-refractivity contribution in [1.29, 1.82) is 0 Å². The van der Waals surface area contributed by atoms with E-state index >= 15 is 0 Å². The van der Waals surface area contributed by atoms with Crippen molar-refractivity contribution in [3.05, 3.63) is 52.1 Å². The van der Waals surface area contributed by atoms with Crippen LogP contribution in [0.4, 0.5) is 5.69 Å². The van der Waals surface area contributed by atoms with Crippen LogP contribution in [0.25, 0.3) is 0 Å². The quantitative estimate of drug-likeness (QED) is 0.660. The van der Waals surface area contributed by atoms with Crippen LogP contribution in [0.5, 0.6) is 0 Å². The lowest BCUT2D eigenvalue weighted by Gasteiger charge is -2.36. The SMILES string of the molecule is CC1=C(C(C)(C)C)C=C(C(C)(C)C)C(O)C1=Nc1c(C)cccc1C. The molecule has 1 atom stereocenters. The number of rotatable bonds is 1. The molecule has 0 heterocycles. The first-order chi connectivity index (χ1) is 11.3. The molecule has 0 bridgehead atoms. The van der Waals surface area contributed by atoms with Crippen molar-refractivity contribution in [2.45, 2.75) is 68.4 Å². The van der Waals surface area contributed by atoms with Gasteiger partial charge in [0.25, 0.3) is 0 Å². The van der Waals surface area contributed by atoms with Crippen LogP contribution in [-0.4, -0.2) is 16.9 Å². The summed E-state index contributed by atoms with van der Waals surface area (Å²) in [6, 6.07) is 6.20. The zero-order chi connectivity index (χ0) is 19.2. The highest BCUT2D eigenvalue weighted by atomic mass is 16.3. The summed E-state index contributed by atoms with van der Waals surface area (Å²) >= 11 is 0. The molecule has 0 aliphatic heterocycles. The van der Waals surface area contributed by atoms with Crippen LogP contribution in [0.1, 0.15) is 59.6 Å². The Morgan fingerprint density at radius 1 is 0.880 bits per heavy atom. The number of aliphatic imine (C=N–C) groups is 1. The van der Waals surface area contributed by atoms with Gasteiger partial charge in [0, 0.05) is 0 Å². The number of hydrogen-bond donors (Lipinski definition) is 1. The fourth-order valence-corrected chi connectivity index (χ4v) is 3.49. The van der Waals surface area contributed by atoms with E-state index in [1.807, 2.05) is 0 Å². The predicted octanol–water partition coefficient (Wildman–Crippen LogP) is 6.09. The highest BCUT2D eigenvalue weighted by Crippen LogP contribution is 2.41. The Morgan fingerprint density at radius 2 is 1.40 bits per heavy atom. The molecule has 1 unspecified atom stereocenters. The average Bonchev–Trinajstić information content (AvgIpc) is 2.43. The first kappa shape index (κ1) is 19.7. The average molecular weight is 340 g/mol. The van der Waals surface area contributed by atoms with Crippen LogP contribution in [0.15, 0.2) is 46.0 Å². The third-order valence-corrected chi connectivity index (χ3v) is 4.99. The molecular weight excluding hydrogens is 306 g/mol. The molecule has 0 fully saturated rings. The number of aryl methyl sites for hydroxylation is 2. The summed E-state index contributed by atoms with van der Waals surface area (Å²) < 4.78 is 0. The second-order valence-electron chi connectivity index (χ2n) is 9.28. The van der Waals surface area contributed by atoms with Gasteiger partial charge >= 0.3 is 0 Å². The molecule has 0 saturated heterocycles. The van der Waals surface area contributed by atoms with Gasteiger partial charge in [-0.15, -0.1) is 0 Å². The first-order valence-electron chi connectivity index (χ1n) is 9.10. The number of aliphatic hydroxyl groups is 1. The Hall–Kier alpha value is -1.67. The fourth-order valence-electron chi connectivity index (χ4n) is 3.49. The molecule has 1 aromatic rings. The van der Waals surface area contributed by atoms with E-state index in [2.05, 4.69) is 86.6 Å². The van der Waals surface area contributed by atoms with E-state index in [9.17, 15) is 5.11 Å². The van der Waals surface area contributed by atoms with Gasteiger partial charge in [0.1, 0.15) is 6.10 Å². The molecule has 0 amide bonds. The van der Waals surface area contributed by atoms with Crippen molar-refractivity contribution in [2.24, 2.45) is 15.8 Å². The molecule has 1 aliphatic rings. The molecule has 2 rings (SSSR count). The molecule has 1 N–H and O–H groups in total. The van der Waals surface area contributed by atoms with Crippen molar-refractivity contribution in [1.82, 2.24) is 0 Å². The smallest absolute Gasteiger partial charge is 0.118 e. The zero-order valence-electron chi connectivity index (χ0n) is 17.3. The van der Waals surface area contributed by atoms with Crippen LogP contribution in [-0.2, 0) is 0 Å². The van der Waals surface area contributed by atoms with Gasteiger partial charge in [0.2, 0.25) is 0 Å². The second-order valence-corrected chi connectivity index (χ2v) is 9.28. The summed E-state index contributed by atoms with van der Waals surface area (Å²) in [4.78, 5) is 4.97. The zero-order valence-corrected chi connectivity index (χ0v) is 17.3. The number of hydrogen-bond acceptors (Lipinski definition) is 2. The summed E-state index contributed by atoms with van der Waals surface area (Å²) in [5.74, 6) is 0. The topological polar surface area (TPSA) is 32.6 Å². The largest absolute Gasteiger partial charge is 0.382 e. The fraction of sp³-hybridized carbons (Fsp3) is 0.522. The lowest BCUT2D eigenvalue weighted by molar-refractivity contribution is 0.243. The summed E-state index contributed by atoms with van der Waals surface area (Å²) in [5.41, 5.74) is 7.30. The lowest BCUT2D eigenvalue weighted by Crippen LogP contribution is -2.35. The Bertz CT molecular complexity index is 744. The molecule has 1 aromatic carbocycles. The van der Waals surface area contributed by atoms with Gasteiger partial charge < -0.3 is 5.11 Å². The second kappa shape index (κ2) is 6.57. The monoisotopic (exact) mass is 339 g/mol. The van der Waals surface area contributed by atoms with Crippen molar-refractivity contribution in [3.8, 4) is 0 Å². The van der Waals surface area contributed by atoms with E-state index < -0.39 is 6.10 Å². The van der Waals surface area contributed by atoms with Crippen LogP contribution in [0.3, 0.4) is 0 Å². The van der Waals surface area contributed by atoms with Gasteiger partial charge in [-0.3, -0.25) is 0 Å². The first-order valence-corrected chi connectivity index (χ1v) is 9.10. The molecule has 0 aromatic heterocycles. The van der Waals surface area contributed by atoms with Crippen LogP contribution in [0.2, 0.25) is 0 Å². The minimum Gasteiger partial charge on any atom is -0.382 e. The van der Waals surface area contributed by atoms with Gasteiger partial charge in [-0.1, -0.05) is 65.8 Å². The van der Waals surface area contributed by atoms with E-state index in [4.69, 9.17) is 4.99 Å². The molecule has 25 heavy (non-hydrogen) atoms. The van der Waals surface area contributed by atoms with E-state index in [1.165, 1.54) is 5.57 Å². The normalized spacial score (nSPS) is 21.0. The third kappa shape index (κ3) is 3.95. The van der Waals surface area contributed by atoms with Crippen molar-refractivity contribution in [2.75, 3.05) is 0 Å². The maximum absolute atomic E-state index is 11.1. The number of para-hydroxylation sites is 1. The van der Waals surface area contributed by atoms with Crippen molar-refractivity contribution in [3.63, 3.8) is 0 Å². The van der Waals surface area contributed by atoms with Gasteiger partial charge in [0.15, 0.2) is 0 Å². The number of aliphatic hydroxyl groups excluding tert-OH is 1. The molecule has 136 valence electrons. The maximum atomic E-state index is 11.1. The van der Waals surface area contributed by atoms with Gasteiger partial charge in [-0.05, 0) is 59.4 Å². The van der Waals surface area contributed by atoms with Crippen molar-refractivity contribution < 1.29 is 5.11 Å². The molecule has 2 heteroatoms. The van der Waals surface area contributed by atoms with Crippen LogP contribution >= 0.6 is 0 Å². The van der Waals surface area contributed by atoms with E-state index in [0.29, 0.717) is 0 Å². The molecular formula is C23H33NO. The third-order valence-electron chi connectivity index (χ3n) is 4.99. The van der Waals surface area contributed by atoms with Gasteiger partial charge in [0.05, 0.1) is 11.4 Å². The van der Waals surface area contributed by atoms with Crippen molar-refractivity contribution >= 4 is 11.4 Å². The lowest BCUT2D eigenvalue weighted by atomic mass is 9.71. The molecule has 1 aliphatic carbocycles. The summed E-state index contributed by atoms with van der Waals surface area (Å²) in [6.45, 7) is 19.4. The predicted molar refractivity (Wildman–Crippen MR) is 109 cm³/mol. The summed E-state index contributed by atoms with van der Waals surface area (Å²) in [6.07, 6.45) is 1.54. The van der Waals surface area contributed by atoms with Gasteiger partial charge in [-0.25, -0.2) is 4.99 Å². The standard InChI is InChI=1S/C23H33NO/c1-14-11-10-12-15(2)19(14)24-20-16(3)17(22(4,5)6)13-18(21(20)25)23(7,8)9/h10-13,21,25H,1-9H3. The minimum atomic E-state index is -0.662. The van der Waals surface area contributed by atoms with Crippen LogP contribution in [0, 0.1) is 24.7 Å². The number of allylic oxidation sites excluding steroid dienone is 2. The Balaban J connectivity index is 2.75. The van der Waals surface area contributed by atoms with Crippen LogP contribution < -0.4 is 0 Å². The van der Waals surface area contributed by atoms with E-state index in [-0.39, 0.29) is 10.8 Å². The van der Waals surface area contributed by atoms with E-state index in [1.54, 1.807) is 0 Å². The van der Waals surface area contributed by atoms with Gasteiger partial charge in [-0.2, -0.15) is 0 Å². The highest BCUT2D eigenvalue weighted by Gasteiger charge is 2.35. The Kier molecular flexibility index (Phi) is 5.16. The summed E-state index contributed by atoms with van der Waals surface area (Å²) in [5, 5.41) is 11.1. The number of benzene rings is 1. The Labute approximate surface area is 153 Å². The number of nitrogens with zero attached hydrogens (tertiary/aromatic N) is 1. The molecule has 2 nitrogen and oxygen atoms in total. The summed E-state index contributed by atoms with van der Waals surface area (Å²) in [7, 11) is 0. The molecule has 0 spiro atoms. The molecule has 0 saturated carbocycles.